The van der Waals surface area contributed by atoms with E-state index >= 15 is 0 Å². The molecule has 0 bridgehead atoms. The lowest BCUT2D eigenvalue weighted by atomic mass is 9.90. The zero-order valence-electron chi connectivity index (χ0n) is 11.2. The summed E-state index contributed by atoms with van der Waals surface area (Å²) in [6, 6.07) is -0.200. The smallest absolute Gasteiger partial charge is 0.367 e. The molecule has 1 saturated heterocycles. The zero-order chi connectivity index (χ0) is 15.7. The topological polar surface area (TPSA) is 49.8 Å². The van der Waals surface area contributed by atoms with E-state index in [4.69, 9.17) is 0 Å². The Hall–Kier alpha value is -1.51. The van der Waals surface area contributed by atoms with Crippen molar-refractivity contribution in [1.29, 1.82) is 0 Å². The molecule has 1 aliphatic heterocycles. The van der Waals surface area contributed by atoms with E-state index in [1.807, 2.05) is 0 Å². The Bertz CT molecular complexity index is 474. The molecular formula is C12H15F5N4. The van der Waals surface area contributed by atoms with Crippen molar-refractivity contribution in [2.75, 3.05) is 18.4 Å². The van der Waals surface area contributed by atoms with Gasteiger partial charge in [0, 0.05) is 19.0 Å². The van der Waals surface area contributed by atoms with Gasteiger partial charge in [-0.3, -0.25) is 0 Å². The van der Waals surface area contributed by atoms with Crippen LogP contribution < -0.4 is 10.6 Å². The summed E-state index contributed by atoms with van der Waals surface area (Å²) < 4.78 is 63.2. The Kier molecular flexibility index (Phi) is 4.31. The summed E-state index contributed by atoms with van der Waals surface area (Å²) >= 11 is 0. The summed E-state index contributed by atoms with van der Waals surface area (Å²) in [6.07, 6.45) is -3.14. The summed E-state index contributed by atoms with van der Waals surface area (Å²) in [5, 5.41) is 5.53. The normalized spacial score (nSPS) is 25.6. The van der Waals surface area contributed by atoms with E-state index in [0.29, 0.717) is 6.20 Å². The second-order valence-electron chi connectivity index (χ2n) is 5.19. The minimum absolute atomic E-state index is 0.175. The third-order valence-corrected chi connectivity index (χ3v) is 3.38. The van der Waals surface area contributed by atoms with Crippen molar-refractivity contribution in [2.24, 2.45) is 5.92 Å². The van der Waals surface area contributed by atoms with E-state index in [9.17, 15) is 22.0 Å². The fourth-order valence-corrected chi connectivity index (χ4v) is 2.22. The standard InChI is InChI=1S/C12H15F5N4/c1-7-2-11(13,14)6-21-8(7)3-19-10-5-18-9(4-20-10)12(15,16)17/h4-5,7-8,21H,2-3,6H2,1H3,(H,19,20)/t7-,8?/m1/s1. The molecule has 0 amide bonds. The second kappa shape index (κ2) is 5.70. The maximum atomic E-state index is 13.1. The molecule has 2 atom stereocenters. The molecule has 1 aromatic heterocycles. The average Bonchev–Trinajstić information content (AvgIpc) is 2.36. The van der Waals surface area contributed by atoms with Crippen LogP contribution >= 0.6 is 0 Å². The van der Waals surface area contributed by atoms with Gasteiger partial charge in [0.1, 0.15) is 5.82 Å². The minimum atomic E-state index is -4.53. The van der Waals surface area contributed by atoms with Gasteiger partial charge in [-0.2, -0.15) is 13.2 Å². The molecule has 0 aliphatic carbocycles. The molecule has 0 aromatic carbocycles. The zero-order valence-corrected chi connectivity index (χ0v) is 11.2. The number of nitrogens with zero attached hydrogens (tertiary/aromatic N) is 2. The highest BCUT2D eigenvalue weighted by atomic mass is 19.4. The van der Waals surface area contributed by atoms with Gasteiger partial charge < -0.3 is 10.6 Å². The largest absolute Gasteiger partial charge is 0.434 e. The Labute approximate surface area is 118 Å². The molecule has 1 aliphatic rings. The van der Waals surface area contributed by atoms with Crippen molar-refractivity contribution in [3.05, 3.63) is 18.1 Å². The van der Waals surface area contributed by atoms with E-state index in [1.54, 1.807) is 6.92 Å². The predicted molar refractivity (Wildman–Crippen MR) is 66.0 cm³/mol. The van der Waals surface area contributed by atoms with E-state index < -0.39 is 24.3 Å². The lowest BCUT2D eigenvalue weighted by Crippen LogP contribution is -2.52. The van der Waals surface area contributed by atoms with Crippen LogP contribution in [0.3, 0.4) is 0 Å². The van der Waals surface area contributed by atoms with Gasteiger partial charge in [-0.25, -0.2) is 18.7 Å². The fourth-order valence-electron chi connectivity index (χ4n) is 2.22. The maximum absolute atomic E-state index is 13.1. The van der Waals surface area contributed by atoms with Gasteiger partial charge in [-0.05, 0) is 5.92 Å². The Morgan fingerprint density at radius 3 is 2.57 bits per heavy atom. The number of nitrogens with one attached hydrogen (secondary N) is 2. The monoisotopic (exact) mass is 310 g/mol. The first-order valence-electron chi connectivity index (χ1n) is 6.42. The van der Waals surface area contributed by atoms with E-state index in [-0.39, 0.29) is 30.7 Å². The SMILES string of the molecule is C[C@@H]1CC(F)(F)CNC1CNc1cnc(C(F)(F)F)cn1. The lowest BCUT2D eigenvalue weighted by molar-refractivity contribution is -0.141. The molecule has 1 aromatic rings. The van der Waals surface area contributed by atoms with Crippen molar-refractivity contribution in [1.82, 2.24) is 15.3 Å². The number of piperidine rings is 1. The average molecular weight is 310 g/mol. The highest BCUT2D eigenvalue weighted by molar-refractivity contribution is 5.31. The molecule has 0 spiro atoms. The summed E-state index contributed by atoms with van der Waals surface area (Å²) in [7, 11) is 0. The molecule has 2 heterocycles. The highest BCUT2D eigenvalue weighted by Crippen LogP contribution is 2.29. The summed E-state index contributed by atoms with van der Waals surface area (Å²) in [6.45, 7) is 1.59. The van der Waals surface area contributed by atoms with Crippen LogP contribution in [0, 0.1) is 5.92 Å². The first kappa shape index (κ1) is 15.9. The van der Waals surface area contributed by atoms with Gasteiger partial charge in [0.15, 0.2) is 5.69 Å². The van der Waals surface area contributed by atoms with Crippen LogP contribution in [0.25, 0.3) is 0 Å². The number of hydrogen-bond acceptors (Lipinski definition) is 4. The summed E-state index contributed by atoms with van der Waals surface area (Å²) in [4.78, 5) is 6.88. The molecule has 1 unspecified atom stereocenters. The van der Waals surface area contributed by atoms with Gasteiger partial charge in [0.25, 0.3) is 5.92 Å². The molecule has 4 nitrogen and oxygen atoms in total. The van der Waals surface area contributed by atoms with Crippen LogP contribution in [0.4, 0.5) is 27.8 Å². The second-order valence-corrected chi connectivity index (χ2v) is 5.19. The molecule has 0 saturated carbocycles. The molecule has 21 heavy (non-hydrogen) atoms. The third-order valence-electron chi connectivity index (χ3n) is 3.38. The number of aromatic nitrogens is 2. The quantitative estimate of drug-likeness (QED) is 0.843. The minimum Gasteiger partial charge on any atom is -0.367 e. The van der Waals surface area contributed by atoms with Crippen LogP contribution in [0.1, 0.15) is 19.0 Å². The van der Waals surface area contributed by atoms with Crippen molar-refractivity contribution in [3.63, 3.8) is 0 Å². The molecule has 1 fully saturated rings. The number of halogens is 5. The van der Waals surface area contributed by atoms with E-state index in [0.717, 1.165) is 6.20 Å². The molecular weight excluding hydrogens is 295 g/mol. The van der Waals surface area contributed by atoms with Crippen LogP contribution in [0.2, 0.25) is 0 Å². The Morgan fingerprint density at radius 1 is 1.33 bits per heavy atom. The van der Waals surface area contributed by atoms with Gasteiger partial charge in [0.05, 0.1) is 18.9 Å². The summed E-state index contributed by atoms with van der Waals surface area (Å²) in [5.41, 5.74) is -1.07. The first-order valence-corrected chi connectivity index (χ1v) is 6.42. The van der Waals surface area contributed by atoms with E-state index in [2.05, 4.69) is 20.6 Å². The molecule has 9 heteroatoms. The van der Waals surface area contributed by atoms with Crippen LogP contribution in [-0.2, 0) is 6.18 Å². The van der Waals surface area contributed by atoms with Crippen molar-refractivity contribution < 1.29 is 22.0 Å². The fraction of sp³-hybridized carbons (Fsp3) is 0.667. The number of alkyl halides is 5. The number of hydrogen-bond donors (Lipinski definition) is 2. The first-order chi connectivity index (χ1) is 9.67. The molecule has 2 N–H and O–H groups in total. The van der Waals surface area contributed by atoms with Crippen LogP contribution in [-0.4, -0.2) is 35.0 Å². The highest BCUT2D eigenvalue weighted by Gasteiger charge is 2.39. The van der Waals surface area contributed by atoms with Crippen LogP contribution in [0.5, 0.6) is 0 Å². The van der Waals surface area contributed by atoms with Crippen molar-refractivity contribution >= 4 is 5.82 Å². The molecule has 0 radical (unpaired) electrons. The third kappa shape index (κ3) is 4.23. The Balaban J connectivity index is 1.89. The molecule has 2 rings (SSSR count). The van der Waals surface area contributed by atoms with Gasteiger partial charge in [0.2, 0.25) is 0 Å². The van der Waals surface area contributed by atoms with E-state index in [1.165, 1.54) is 0 Å². The molecule has 118 valence electrons. The number of anilines is 1. The predicted octanol–water partition coefficient (Wildman–Crippen LogP) is 2.54. The van der Waals surface area contributed by atoms with Gasteiger partial charge >= 0.3 is 6.18 Å². The lowest BCUT2D eigenvalue weighted by Gasteiger charge is -2.35. The van der Waals surface area contributed by atoms with Crippen molar-refractivity contribution in [2.45, 2.75) is 31.5 Å². The van der Waals surface area contributed by atoms with Crippen LogP contribution in [0.15, 0.2) is 12.4 Å². The van der Waals surface area contributed by atoms with Crippen molar-refractivity contribution in [3.8, 4) is 0 Å². The summed E-state index contributed by atoms with van der Waals surface area (Å²) in [5.74, 6) is -2.80. The maximum Gasteiger partial charge on any atom is 0.434 e. The number of rotatable bonds is 3. The van der Waals surface area contributed by atoms with Gasteiger partial charge in [-0.15, -0.1) is 0 Å². The van der Waals surface area contributed by atoms with Gasteiger partial charge in [-0.1, -0.05) is 6.92 Å². The Morgan fingerprint density at radius 2 is 2.05 bits per heavy atom.